The first-order chi connectivity index (χ1) is 12.3. The van der Waals surface area contributed by atoms with Gasteiger partial charge in [-0.1, -0.05) is 13.0 Å². The van der Waals surface area contributed by atoms with Gasteiger partial charge in [0.15, 0.2) is 5.82 Å². The van der Waals surface area contributed by atoms with E-state index in [-0.39, 0.29) is 24.5 Å². The van der Waals surface area contributed by atoms with Crippen molar-refractivity contribution in [1.82, 2.24) is 9.97 Å². The Morgan fingerprint density at radius 2 is 1.96 bits per heavy atom. The van der Waals surface area contributed by atoms with E-state index in [1.54, 1.807) is 31.2 Å². The van der Waals surface area contributed by atoms with Gasteiger partial charge >= 0.3 is 12.2 Å². The number of nitrogens with zero attached hydrogens (tertiary/aromatic N) is 3. The molecule has 0 N–H and O–H groups in total. The molecular formula is C18H22F3N3O2. The Labute approximate surface area is 150 Å². The third kappa shape index (κ3) is 4.77. The van der Waals surface area contributed by atoms with Crippen molar-refractivity contribution in [2.45, 2.75) is 39.5 Å². The first kappa shape index (κ1) is 19.8. The zero-order chi connectivity index (χ0) is 19.3. The van der Waals surface area contributed by atoms with Crippen molar-refractivity contribution >= 4 is 11.5 Å². The van der Waals surface area contributed by atoms with E-state index in [9.17, 15) is 13.2 Å². The fourth-order valence-corrected chi connectivity index (χ4v) is 2.21. The lowest BCUT2D eigenvalue weighted by Crippen LogP contribution is -2.19. The van der Waals surface area contributed by atoms with Gasteiger partial charge in [-0.15, -0.1) is 0 Å². The van der Waals surface area contributed by atoms with E-state index >= 15 is 0 Å². The molecule has 1 aromatic carbocycles. The Morgan fingerprint density at radius 1 is 1.23 bits per heavy atom. The first-order valence-corrected chi connectivity index (χ1v) is 8.33. The van der Waals surface area contributed by atoms with Gasteiger partial charge in [0.1, 0.15) is 11.3 Å². The molecule has 2 aromatic rings. The highest BCUT2D eigenvalue weighted by atomic mass is 19.4. The number of benzene rings is 1. The van der Waals surface area contributed by atoms with Gasteiger partial charge in [-0.05, 0) is 32.4 Å². The molecule has 8 heteroatoms. The van der Waals surface area contributed by atoms with Crippen molar-refractivity contribution in [3.8, 4) is 11.8 Å². The maximum atomic E-state index is 13.4. The van der Waals surface area contributed by atoms with Gasteiger partial charge in [0.25, 0.3) is 0 Å². The molecule has 2 rings (SSSR count). The van der Waals surface area contributed by atoms with Crippen LogP contribution >= 0.6 is 0 Å². The third-order valence-corrected chi connectivity index (χ3v) is 3.76. The minimum Gasteiger partial charge on any atom is -0.491 e. The minimum absolute atomic E-state index is 0.00454. The van der Waals surface area contributed by atoms with E-state index < -0.39 is 11.7 Å². The van der Waals surface area contributed by atoms with Gasteiger partial charge in [0.05, 0.1) is 12.7 Å². The van der Waals surface area contributed by atoms with Crippen molar-refractivity contribution < 1.29 is 22.6 Å². The predicted octanol–water partition coefficient (Wildman–Crippen LogP) is 4.84. The molecule has 0 aliphatic heterocycles. The number of hydrogen-bond acceptors (Lipinski definition) is 5. The topological polar surface area (TPSA) is 47.5 Å². The summed E-state index contributed by atoms with van der Waals surface area (Å²) >= 11 is 0. The van der Waals surface area contributed by atoms with Gasteiger partial charge in [0.2, 0.25) is 0 Å². The second-order valence-electron chi connectivity index (χ2n) is 5.71. The molecule has 0 bridgehead atoms. The molecule has 0 aliphatic rings. The largest absolute Gasteiger partial charge is 0.491 e. The average molecular weight is 369 g/mol. The lowest BCUT2D eigenvalue weighted by atomic mass is 10.2. The van der Waals surface area contributed by atoms with Crippen molar-refractivity contribution in [2.24, 2.45) is 0 Å². The molecule has 0 spiro atoms. The van der Waals surface area contributed by atoms with Gasteiger partial charge in [-0.25, -0.2) is 4.98 Å². The number of anilines is 2. The van der Waals surface area contributed by atoms with Crippen LogP contribution < -0.4 is 14.4 Å². The summed E-state index contributed by atoms with van der Waals surface area (Å²) in [5.41, 5.74) is -0.422. The zero-order valence-electron chi connectivity index (χ0n) is 15.2. The zero-order valence-corrected chi connectivity index (χ0v) is 15.2. The molecule has 1 heterocycles. The average Bonchev–Trinajstić information content (AvgIpc) is 2.60. The van der Waals surface area contributed by atoms with Crippen molar-refractivity contribution in [1.29, 1.82) is 0 Å². The van der Waals surface area contributed by atoms with Crippen LogP contribution in [-0.2, 0) is 6.18 Å². The van der Waals surface area contributed by atoms with Crippen LogP contribution in [0, 0.1) is 0 Å². The molecule has 0 radical (unpaired) electrons. The highest BCUT2D eigenvalue weighted by Gasteiger charge is 2.36. The summed E-state index contributed by atoms with van der Waals surface area (Å²) in [6, 6.07) is 6.75. The van der Waals surface area contributed by atoms with E-state index in [0.29, 0.717) is 11.4 Å². The summed E-state index contributed by atoms with van der Waals surface area (Å²) in [6.07, 6.45) is -3.02. The van der Waals surface area contributed by atoms with Crippen LogP contribution in [0.25, 0.3) is 0 Å². The van der Waals surface area contributed by atoms with Gasteiger partial charge in [-0.3, -0.25) is 0 Å². The molecule has 5 nitrogen and oxygen atoms in total. The summed E-state index contributed by atoms with van der Waals surface area (Å²) in [4.78, 5) is 8.92. The summed E-state index contributed by atoms with van der Waals surface area (Å²) in [6.45, 7) is 5.89. The van der Waals surface area contributed by atoms with Crippen molar-refractivity contribution in [3.63, 3.8) is 0 Å². The van der Waals surface area contributed by atoms with Crippen LogP contribution in [0.1, 0.15) is 32.8 Å². The molecule has 0 fully saturated rings. The first-order valence-electron chi connectivity index (χ1n) is 8.33. The molecule has 0 saturated heterocycles. The molecule has 1 aromatic heterocycles. The maximum Gasteiger partial charge on any atom is 0.421 e. The van der Waals surface area contributed by atoms with Crippen molar-refractivity contribution in [3.05, 3.63) is 36.0 Å². The normalized spacial score (nSPS) is 12.6. The Hall–Kier alpha value is -2.51. The van der Waals surface area contributed by atoms with E-state index in [1.807, 2.05) is 13.8 Å². The van der Waals surface area contributed by atoms with E-state index in [0.717, 1.165) is 12.6 Å². The fraction of sp³-hybridized carbons (Fsp3) is 0.444. The second kappa shape index (κ2) is 8.25. The Balaban J connectivity index is 2.43. The highest BCUT2D eigenvalue weighted by molar-refractivity contribution is 5.64. The van der Waals surface area contributed by atoms with Crippen LogP contribution in [0.3, 0.4) is 0 Å². The summed E-state index contributed by atoms with van der Waals surface area (Å²) in [7, 11) is 1.51. The summed E-state index contributed by atoms with van der Waals surface area (Å²) < 4.78 is 51.0. The van der Waals surface area contributed by atoms with Crippen LogP contribution in [0.2, 0.25) is 0 Å². The number of hydrogen-bond donors (Lipinski definition) is 0. The Kier molecular flexibility index (Phi) is 6.28. The predicted molar refractivity (Wildman–Crippen MR) is 93.1 cm³/mol. The number of ether oxygens (including phenoxy) is 2. The Morgan fingerprint density at radius 3 is 2.58 bits per heavy atom. The molecule has 1 unspecified atom stereocenters. The maximum absolute atomic E-state index is 13.4. The van der Waals surface area contributed by atoms with Crippen LogP contribution in [0.5, 0.6) is 11.8 Å². The smallest absolute Gasteiger partial charge is 0.421 e. The van der Waals surface area contributed by atoms with Gasteiger partial charge < -0.3 is 14.4 Å². The fourth-order valence-electron chi connectivity index (χ4n) is 2.21. The summed E-state index contributed by atoms with van der Waals surface area (Å²) in [5, 5.41) is 0. The van der Waals surface area contributed by atoms with Crippen LogP contribution in [0.15, 0.2) is 30.5 Å². The van der Waals surface area contributed by atoms with Crippen LogP contribution in [-0.4, -0.2) is 29.7 Å². The number of halogens is 3. The van der Waals surface area contributed by atoms with Crippen molar-refractivity contribution in [2.75, 3.05) is 18.6 Å². The van der Waals surface area contributed by atoms with E-state index in [2.05, 4.69) is 9.97 Å². The lowest BCUT2D eigenvalue weighted by Gasteiger charge is -2.23. The van der Waals surface area contributed by atoms with Gasteiger partial charge in [0, 0.05) is 25.0 Å². The summed E-state index contributed by atoms with van der Waals surface area (Å²) in [5.74, 6) is 0.299. The van der Waals surface area contributed by atoms with E-state index in [1.165, 1.54) is 11.9 Å². The second-order valence-corrected chi connectivity index (χ2v) is 5.71. The highest BCUT2D eigenvalue weighted by Crippen LogP contribution is 2.38. The number of rotatable bonds is 7. The van der Waals surface area contributed by atoms with E-state index in [4.69, 9.17) is 9.47 Å². The molecule has 142 valence electrons. The third-order valence-electron chi connectivity index (χ3n) is 3.76. The molecule has 0 saturated carbocycles. The Bertz CT molecular complexity index is 738. The van der Waals surface area contributed by atoms with Crippen LogP contribution in [0.4, 0.5) is 24.7 Å². The monoisotopic (exact) mass is 369 g/mol. The number of alkyl halides is 3. The minimum atomic E-state index is -4.58. The molecule has 0 amide bonds. The van der Waals surface area contributed by atoms with Gasteiger partial charge in [-0.2, -0.15) is 18.2 Å². The molecule has 0 aliphatic carbocycles. The number of aromatic nitrogens is 2. The lowest BCUT2D eigenvalue weighted by molar-refractivity contribution is -0.137. The SMILES string of the molecule is CCOc1ncc(C(F)(F)F)c(N(C)c2cccc(OC(C)CC)c2)n1. The molecular weight excluding hydrogens is 347 g/mol. The molecule has 26 heavy (non-hydrogen) atoms. The quantitative estimate of drug-likeness (QED) is 0.699. The standard InChI is InChI=1S/C18H22F3N3O2/c1-5-12(3)26-14-9-7-8-13(10-14)24(4)16-15(18(19,20)21)11-22-17(23-16)25-6-2/h7-12H,5-6H2,1-4H3. The molecule has 1 atom stereocenters.